The minimum absolute atomic E-state index is 0.262. The van der Waals surface area contributed by atoms with Crippen LogP contribution in [0.1, 0.15) is 53.9 Å². The second kappa shape index (κ2) is 8.37. The Morgan fingerprint density at radius 1 is 1.14 bits per heavy atom. The van der Waals surface area contributed by atoms with Gasteiger partial charge in [0.05, 0.1) is 6.04 Å². The molecule has 5 heteroatoms. The van der Waals surface area contributed by atoms with E-state index in [0.717, 1.165) is 6.42 Å². The summed E-state index contributed by atoms with van der Waals surface area (Å²) in [6.07, 6.45) is 3.56. The highest BCUT2D eigenvalue weighted by molar-refractivity contribution is 5.96. The molecule has 1 saturated carbocycles. The smallest absolute Gasteiger partial charge is 0.321 e. The van der Waals surface area contributed by atoms with Crippen molar-refractivity contribution in [1.82, 2.24) is 16.0 Å². The number of carbonyl (C=O) groups is 2. The number of carbonyl (C=O) groups excluding carboxylic acids is 2. The minimum Gasteiger partial charge on any atom is -0.338 e. The monoisotopic (exact) mass is 297 g/mol. The van der Waals surface area contributed by atoms with Crippen LogP contribution in [0.2, 0.25) is 0 Å². The first-order valence-electron chi connectivity index (χ1n) is 8.16. The van der Waals surface area contributed by atoms with Gasteiger partial charge in [-0.05, 0) is 31.1 Å². The summed E-state index contributed by atoms with van der Waals surface area (Å²) in [7, 11) is 0. The van der Waals surface area contributed by atoms with Gasteiger partial charge in [0, 0.05) is 12.6 Å². The van der Waals surface area contributed by atoms with Crippen molar-refractivity contribution in [3.05, 3.63) is 0 Å². The van der Waals surface area contributed by atoms with E-state index in [4.69, 9.17) is 0 Å². The maximum absolute atomic E-state index is 12.0. The van der Waals surface area contributed by atoms with E-state index in [1.807, 2.05) is 20.8 Å². The fourth-order valence-electron chi connectivity index (χ4n) is 2.78. The predicted molar refractivity (Wildman–Crippen MR) is 84.9 cm³/mol. The lowest BCUT2D eigenvalue weighted by atomic mass is 9.78. The minimum atomic E-state index is -0.410. The molecule has 0 aliphatic heterocycles. The SMILES string of the molecule is CC(C)CNC(=O)NC(=O)C(C)NC1CCCC(C)C1C. The molecule has 1 fully saturated rings. The maximum atomic E-state index is 12.0. The van der Waals surface area contributed by atoms with E-state index in [9.17, 15) is 9.59 Å². The zero-order valence-electron chi connectivity index (χ0n) is 14.0. The Kier molecular flexibility index (Phi) is 7.15. The molecular weight excluding hydrogens is 266 g/mol. The summed E-state index contributed by atoms with van der Waals surface area (Å²) in [6, 6.07) is -0.409. The van der Waals surface area contributed by atoms with Crippen molar-refractivity contribution in [3.63, 3.8) is 0 Å². The van der Waals surface area contributed by atoms with Gasteiger partial charge < -0.3 is 10.6 Å². The van der Waals surface area contributed by atoms with Gasteiger partial charge in [0.2, 0.25) is 5.91 Å². The molecule has 1 rings (SSSR count). The predicted octanol–water partition coefficient (Wildman–Crippen LogP) is 2.27. The van der Waals surface area contributed by atoms with Gasteiger partial charge >= 0.3 is 6.03 Å². The van der Waals surface area contributed by atoms with Crippen molar-refractivity contribution >= 4 is 11.9 Å². The summed E-state index contributed by atoms with van der Waals surface area (Å²) in [5.74, 6) is 1.34. The molecule has 1 aliphatic carbocycles. The van der Waals surface area contributed by atoms with Crippen LogP contribution in [0, 0.1) is 17.8 Å². The molecule has 0 saturated heterocycles. The number of urea groups is 1. The van der Waals surface area contributed by atoms with Crippen molar-refractivity contribution in [3.8, 4) is 0 Å². The standard InChI is InChI=1S/C16H31N3O2/c1-10(2)9-17-16(21)19-15(20)13(5)18-14-8-6-7-11(3)12(14)4/h10-14,18H,6-9H2,1-5H3,(H2,17,19,20,21). The molecule has 3 amide bonds. The molecule has 122 valence electrons. The first kappa shape index (κ1) is 18.0. The second-order valence-electron chi connectivity index (χ2n) is 6.86. The molecule has 4 unspecified atom stereocenters. The normalized spacial score (nSPS) is 27.2. The summed E-state index contributed by atoms with van der Waals surface area (Å²) >= 11 is 0. The van der Waals surface area contributed by atoms with E-state index >= 15 is 0 Å². The third kappa shape index (κ3) is 6.04. The fraction of sp³-hybridized carbons (Fsp3) is 0.875. The molecular formula is C16H31N3O2. The van der Waals surface area contributed by atoms with Gasteiger partial charge in [0.15, 0.2) is 0 Å². The number of hydrogen-bond donors (Lipinski definition) is 3. The Hall–Kier alpha value is -1.10. The molecule has 0 radical (unpaired) electrons. The highest BCUT2D eigenvalue weighted by atomic mass is 16.2. The van der Waals surface area contributed by atoms with Crippen molar-refractivity contribution in [1.29, 1.82) is 0 Å². The quantitative estimate of drug-likeness (QED) is 0.729. The van der Waals surface area contributed by atoms with Gasteiger partial charge in [-0.2, -0.15) is 0 Å². The molecule has 0 heterocycles. The molecule has 1 aliphatic rings. The molecule has 0 aromatic heterocycles. The molecule has 0 aromatic rings. The zero-order valence-corrected chi connectivity index (χ0v) is 14.0. The van der Waals surface area contributed by atoms with Crippen LogP contribution in [-0.2, 0) is 4.79 Å². The number of hydrogen-bond acceptors (Lipinski definition) is 3. The van der Waals surface area contributed by atoms with Gasteiger partial charge in [0.25, 0.3) is 0 Å². The summed E-state index contributed by atoms with van der Waals surface area (Å²) < 4.78 is 0. The summed E-state index contributed by atoms with van der Waals surface area (Å²) in [6.45, 7) is 10.9. The van der Waals surface area contributed by atoms with Crippen LogP contribution in [-0.4, -0.2) is 30.6 Å². The number of nitrogens with one attached hydrogen (secondary N) is 3. The summed E-state index contributed by atoms with van der Waals surface area (Å²) in [4.78, 5) is 23.6. The number of imide groups is 1. The Bertz CT molecular complexity index is 357. The average molecular weight is 297 g/mol. The highest BCUT2D eigenvalue weighted by Gasteiger charge is 2.29. The van der Waals surface area contributed by atoms with E-state index in [1.165, 1.54) is 12.8 Å². The zero-order chi connectivity index (χ0) is 16.0. The highest BCUT2D eigenvalue weighted by Crippen LogP contribution is 2.29. The van der Waals surface area contributed by atoms with E-state index in [2.05, 4.69) is 29.8 Å². The van der Waals surface area contributed by atoms with Gasteiger partial charge in [-0.25, -0.2) is 4.79 Å². The second-order valence-corrected chi connectivity index (χ2v) is 6.86. The number of amides is 3. The lowest BCUT2D eigenvalue weighted by molar-refractivity contribution is -0.122. The Labute approximate surface area is 128 Å². The van der Waals surface area contributed by atoms with Crippen LogP contribution in [0.15, 0.2) is 0 Å². The Balaban J connectivity index is 2.38. The van der Waals surface area contributed by atoms with Gasteiger partial charge in [0.1, 0.15) is 0 Å². The molecule has 0 aromatic carbocycles. The van der Waals surface area contributed by atoms with Crippen LogP contribution in [0.5, 0.6) is 0 Å². The summed E-state index contributed by atoms with van der Waals surface area (Å²) in [5.41, 5.74) is 0. The molecule has 4 atom stereocenters. The van der Waals surface area contributed by atoms with Gasteiger partial charge in [-0.3, -0.25) is 10.1 Å². The molecule has 3 N–H and O–H groups in total. The largest absolute Gasteiger partial charge is 0.338 e. The van der Waals surface area contributed by atoms with E-state index in [-0.39, 0.29) is 11.9 Å². The van der Waals surface area contributed by atoms with Crippen LogP contribution < -0.4 is 16.0 Å². The van der Waals surface area contributed by atoms with Crippen LogP contribution in [0.3, 0.4) is 0 Å². The average Bonchev–Trinajstić information content (AvgIpc) is 2.41. The van der Waals surface area contributed by atoms with E-state index in [1.54, 1.807) is 0 Å². The molecule has 0 bridgehead atoms. The maximum Gasteiger partial charge on any atom is 0.321 e. The van der Waals surface area contributed by atoms with Gasteiger partial charge in [-0.15, -0.1) is 0 Å². The topological polar surface area (TPSA) is 70.2 Å². The molecule has 5 nitrogen and oxygen atoms in total. The molecule has 21 heavy (non-hydrogen) atoms. The third-order valence-corrected chi connectivity index (χ3v) is 4.47. The van der Waals surface area contributed by atoms with Crippen LogP contribution in [0.4, 0.5) is 4.79 Å². The first-order chi connectivity index (χ1) is 9.81. The van der Waals surface area contributed by atoms with Crippen molar-refractivity contribution in [2.24, 2.45) is 17.8 Å². The lowest BCUT2D eigenvalue weighted by Crippen LogP contribution is -2.53. The van der Waals surface area contributed by atoms with E-state index < -0.39 is 6.03 Å². The summed E-state index contributed by atoms with van der Waals surface area (Å²) in [5, 5.41) is 8.46. The van der Waals surface area contributed by atoms with Crippen molar-refractivity contribution < 1.29 is 9.59 Å². The van der Waals surface area contributed by atoms with Gasteiger partial charge in [-0.1, -0.05) is 40.5 Å². The van der Waals surface area contributed by atoms with E-state index in [0.29, 0.717) is 30.3 Å². The lowest BCUT2D eigenvalue weighted by Gasteiger charge is -2.36. The van der Waals surface area contributed by atoms with Crippen molar-refractivity contribution in [2.75, 3.05) is 6.54 Å². The third-order valence-electron chi connectivity index (χ3n) is 4.47. The molecule has 0 spiro atoms. The van der Waals surface area contributed by atoms with Crippen LogP contribution >= 0.6 is 0 Å². The Morgan fingerprint density at radius 2 is 1.81 bits per heavy atom. The fourth-order valence-corrected chi connectivity index (χ4v) is 2.78. The van der Waals surface area contributed by atoms with Crippen molar-refractivity contribution in [2.45, 2.75) is 66.0 Å². The number of rotatable bonds is 5. The first-order valence-corrected chi connectivity index (χ1v) is 8.16. The Morgan fingerprint density at radius 3 is 2.43 bits per heavy atom. The van der Waals surface area contributed by atoms with Crippen LogP contribution in [0.25, 0.3) is 0 Å².